The molecule has 2 aliphatic heterocycles. The lowest BCUT2D eigenvalue weighted by molar-refractivity contribution is 0.804. The van der Waals surface area contributed by atoms with Crippen LogP contribution < -0.4 is 21.3 Å². The maximum absolute atomic E-state index is 6.55. The molecule has 1 atom stereocenters. The molecule has 4 aromatic carbocycles. The summed E-state index contributed by atoms with van der Waals surface area (Å²) in [5.41, 5.74) is 18.7. The van der Waals surface area contributed by atoms with Crippen LogP contribution in [0.4, 0.5) is 5.69 Å². The SMILES string of the molecule is C=C1/C=C\C=C/N(c2ccc(-c3ccc(-c4ccc5c(c4)c4ccccc4n5C(/C=C\C)=C/C)cc3)cc2)/C(NC2=CCNC=C2)=C\1C(C)N.CC. The smallest absolute Gasteiger partial charge is 0.120 e. The van der Waals surface area contributed by atoms with E-state index in [1.807, 2.05) is 51.3 Å². The lowest BCUT2D eigenvalue weighted by atomic mass is 9.98. The molecule has 0 fully saturated rings. The Labute approximate surface area is 308 Å². The number of hydrogen-bond acceptors (Lipinski definition) is 4. The van der Waals surface area contributed by atoms with E-state index in [1.165, 1.54) is 38.6 Å². The summed E-state index contributed by atoms with van der Waals surface area (Å²) in [6.45, 7) is 15.3. The van der Waals surface area contributed by atoms with E-state index in [9.17, 15) is 0 Å². The number of fused-ring (bicyclic) bond motifs is 3. The summed E-state index contributed by atoms with van der Waals surface area (Å²) < 4.78 is 2.35. The Morgan fingerprint density at radius 1 is 0.827 bits per heavy atom. The number of allylic oxidation sites excluding steroid dienone is 8. The van der Waals surface area contributed by atoms with Crippen LogP contribution in [0.5, 0.6) is 0 Å². The lowest BCUT2D eigenvalue weighted by Gasteiger charge is -2.31. The minimum atomic E-state index is -0.226. The van der Waals surface area contributed by atoms with E-state index in [4.69, 9.17) is 5.73 Å². The predicted molar refractivity (Wildman–Crippen MR) is 225 cm³/mol. The summed E-state index contributed by atoms with van der Waals surface area (Å²) in [5, 5.41) is 9.37. The van der Waals surface area contributed by atoms with E-state index in [-0.39, 0.29) is 6.04 Å². The average molecular weight is 684 g/mol. The van der Waals surface area contributed by atoms with Gasteiger partial charge in [-0.2, -0.15) is 0 Å². The largest absolute Gasteiger partial charge is 0.387 e. The lowest BCUT2D eigenvalue weighted by Crippen LogP contribution is -2.34. The minimum Gasteiger partial charge on any atom is -0.387 e. The third-order valence-corrected chi connectivity index (χ3v) is 9.29. The van der Waals surface area contributed by atoms with Crippen molar-refractivity contribution >= 4 is 33.2 Å². The van der Waals surface area contributed by atoms with E-state index in [0.29, 0.717) is 0 Å². The van der Waals surface area contributed by atoms with Crippen LogP contribution in [-0.2, 0) is 0 Å². The molecule has 0 aliphatic carbocycles. The van der Waals surface area contributed by atoms with Gasteiger partial charge in [0.2, 0.25) is 0 Å². The maximum atomic E-state index is 6.55. The van der Waals surface area contributed by atoms with Crippen molar-refractivity contribution < 1.29 is 0 Å². The molecule has 2 aliphatic rings. The number of nitrogens with zero attached hydrogens (tertiary/aromatic N) is 2. The van der Waals surface area contributed by atoms with Crippen LogP contribution in [0.2, 0.25) is 0 Å². The van der Waals surface area contributed by atoms with Crippen LogP contribution in [0.15, 0.2) is 181 Å². The van der Waals surface area contributed by atoms with Crippen molar-refractivity contribution in [2.75, 3.05) is 11.4 Å². The molecule has 0 amide bonds. The Morgan fingerprint density at radius 3 is 2.13 bits per heavy atom. The number of rotatable bonds is 8. The molecular formula is C47H49N5. The third kappa shape index (κ3) is 7.23. The molecule has 4 N–H and O–H groups in total. The van der Waals surface area contributed by atoms with Crippen molar-refractivity contribution in [3.8, 4) is 22.3 Å². The standard InChI is InChI=1S/C45H43N5.C2H6/c1-5-11-38(6-2)50-42-14-8-7-13-40(42)41-30-36(21-24-43(41)50)35-17-15-33(16-18-35)34-19-22-39(23-20-34)49-29-10-9-12-31(3)44(32(4)46)45(49)48-37-25-27-47-28-26-37;1-2/h5-27,29-30,32,47-48H,3,28,46H2,1-2,4H3;1-2H3/b11-5-,12-9-,29-10-,38-6+,45-44+;. The third-order valence-electron chi connectivity index (χ3n) is 9.29. The number of nitrogens with two attached hydrogens (primary N) is 1. The van der Waals surface area contributed by atoms with Gasteiger partial charge in [-0.25, -0.2) is 0 Å². The average Bonchev–Trinajstić information content (AvgIpc) is 3.51. The first-order valence-corrected chi connectivity index (χ1v) is 18.2. The van der Waals surface area contributed by atoms with E-state index >= 15 is 0 Å². The molecule has 1 unspecified atom stereocenters. The van der Waals surface area contributed by atoms with Crippen LogP contribution in [-0.4, -0.2) is 17.2 Å². The molecule has 1 aromatic heterocycles. The van der Waals surface area contributed by atoms with Gasteiger partial charge in [-0.3, -0.25) is 0 Å². The van der Waals surface area contributed by atoms with E-state index < -0.39 is 0 Å². The Kier molecular flexibility index (Phi) is 11.2. The maximum Gasteiger partial charge on any atom is 0.120 e. The van der Waals surface area contributed by atoms with Gasteiger partial charge in [-0.15, -0.1) is 0 Å². The molecule has 0 saturated carbocycles. The van der Waals surface area contributed by atoms with E-state index in [0.717, 1.165) is 46.0 Å². The van der Waals surface area contributed by atoms with Gasteiger partial charge in [0.15, 0.2) is 0 Å². The van der Waals surface area contributed by atoms with Crippen molar-refractivity contribution in [3.05, 3.63) is 181 Å². The topological polar surface area (TPSA) is 58.2 Å². The second-order valence-electron chi connectivity index (χ2n) is 12.6. The molecule has 3 heterocycles. The number of benzene rings is 4. The molecule has 7 rings (SSSR count). The van der Waals surface area contributed by atoms with Gasteiger partial charge >= 0.3 is 0 Å². The van der Waals surface area contributed by atoms with Crippen LogP contribution in [0.25, 0.3) is 49.8 Å². The van der Waals surface area contributed by atoms with Gasteiger partial charge in [-0.1, -0.05) is 105 Å². The monoisotopic (exact) mass is 683 g/mol. The summed E-state index contributed by atoms with van der Waals surface area (Å²) in [7, 11) is 0. The normalized spacial score (nSPS) is 18.0. The molecule has 0 radical (unpaired) electrons. The fraction of sp³-hybridized carbons (Fsp3) is 0.149. The van der Waals surface area contributed by atoms with Crippen molar-refractivity contribution in [3.63, 3.8) is 0 Å². The molecule has 5 nitrogen and oxygen atoms in total. The van der Waals surface area contributed by atoms with Crippen molar-refractivity contribution in [2.24, 2.45) is 5.73 Å². The highest BCUT2D eigenvalue weighted by Crippen LogP contribution is 2.36. The Morgan fingerprint density at radius 2 is 1.48 bits per heavy atom. The highest BCUT2D eigenvalue weighted by molar-refractivity contribution is 6.11. The van der Waals surface area contributed by atoms with Gasteiger partial charge in [-0.05, 0) is 109 Å². The summed E-state index contributed by atoms with van der Waals surface area (Å²) >= 11 is 0. The quantitative estimate of drug-likeness (QED) is 0.143. The first-order chi connectivity index (χ1) is 25.5. The van der Waals surface area contributed by atoms with Gasteiger partial charge in [0.05, 0.1) is 11.0 Å². The molecule has 52 heavy (non-hydrogen) atoms. The van der Waals surface area contributed by atoms with Gasteiger partial charge in [0.1, 0.15) is 5.82 Å². The number of aromatic nitrogens is 1. The van der Waals surface area contributed by atoms with Crippen molar-refractivity contribution in [1.82, 2.24) is 15.2 Å². The van der Waals surface area contributed by atoms with Crippen molar-refractivity contribution in [2.45, 2.75) is 40.7 Å². The molecule has 0 bridgehead atoms. The summed E-state index contributed by atoms with van der Waals surface area (Å²) in [6.07, 6.45) is 20.6. The number of dihydropyridines is 1. The zero-order valence-corrected chi connectivity index (χ0v) is 30.9. The molecular weight excluding hydrogens is 635 g/mol. The minimum absolute atomic E-state index is 0.226. The fourth-order valence-electron chi connectivity index (χ4n) is 6.86. The van der Waals surface area contributed by atoms with Crippen LogP contribution in [0.3, 0.4) is 0 Å². The number of anilines is 1. The number of para-hydroxylation sites is 1. The highest BCUT2D eigenvalue weighted by Gasteiger charge is 2.21. The van der Waals surface area contributed by atoms with Crippen LogP contribution in [0, 0.1) is 0 Å². The Hall–Kier alpha value is -6.04. The zero-order valence-electron chi connectivity index (χ0n) is 30.9. The van der Waals surface area contributed by atoms with Crippen molar-refractivity contribution in [1.29, 1.82) is 0 Å². The highest BCUT2D eigenvalue weighted by atomic mass is 15.2. The first kappa shape index (κ1) is 35.8. The zero-order chi connectivity index (χ0) is 36.6. The van der Waals surface area contributed by atoms with Gasteiger partial charge < -0.3 is 25.8 Å². The summed E-state index contributed by atoms with van der Waals surface area (Å²) in [6, 6.07) is 32.8. The number of nitrogens with one attached hydrogen (secondary N) is 2. The Balaban J connectivity index is 0.00000228. The Bertz CT molecular complexity index is 2280. The molecule has 0 spiro atoms. The molecule has 262 valence electrons. The summed E-state index contributed by atoms with van der Waals surface area (Å²) in [5.74, 6) is 0.893. The first-order valence-electron chi connectivity index (χ1n) is 18.2. The second kappa shape index (κ2) is 16.3. The second-order valence-corrected chi connectivity index (χ2v) is 12.6. The summed E-state index contributed by atoms with van der Waals surface area (Å²) in [4.78, 5) is 2.15. The van der Waals surface area contributed by atoms with Crippen LogP contribution >= 0.6 is 0 Å². The number of hydrogen-bond donors (Lipinski definition) is 3. The van der Waals surface area contributed by atoms with E-state index in [2.05, 4.69) is 162 Å². The van der Waals surface area contributed by atoms with Gasteiger partial charge in [0, 0.05) is 52.2 Å². The van der Waals surface area contributed by atoms with E-state index in [1.54, 1.807) is 0 Å². The predicted octanol–water partition coefficient (Wildman–Crippen LogP) is 11.2. The molecule has 0 saturated heterocycles. The van der Waals surface area contributed by atoms with Gasteiger partial charge in [0.25, 0.3) is 0 Å². The molecule has 5 heteroatoms. The fourth-order valence-corrected chi connectivity index (χ4v) is 6.86. The molecule has 5 aromatic rings. The van der Waals surface area contributed by atoms with Crippen LogP contribution in [0.1, 0.15) is 34.6 Å².